The second-order valence-electron chi connectivity index (χ2n) is 3.43. The molecule has 1 aliphatic rings. The molecule has 0 bridgehead atoms. The standard InChI is InChI=1S/C9H12BrN3O/c10-9-7(6-14)5-12-13(9)8-1-3-11-4-2-8/h5-6,8,11H,1-4H2. The highest BCUT2D eigenvalue weighted by molar-refractivity contribution is 9.10. The van der Waals surface area contributed by atoms with Crippen molar-refractivity contribution >= 4 is 22.2 Å². The van der Waals surface area contributed by atoms with Gasteiger partial charge in [0.2, 0.25) is 0 Å². The SMILES string of the molecule is O=Cc1cnn(C2CCNCC2)c1Br. The molecule has 2 heterocycles. The molecule has 0 aliphatic carbocycles. The molecule has 0 unspecified atom stereocenters. The van der Waals surface area contributed by atoms with Gasteiger partial charge in [0, 0.05) is 0 Å². The van der Waals surface area contributed by atoms with Crippen LogP contribution in [0.1, 0.15) is 29.2 Å². The Bertz CT molecular complexity index is 331. The topological polar surface area (TPSA) is 46.9 Å². The van der Waals surface area contributed by atoms with E-state index in [2.05, 4.69) is 26.3 Å². The number of hydrogen-bond donors (Lipinski definition) is 1. The van der Waals surface area contributed by atoms with Crippen LogP contribution in [0.15, 0.2) is 10.8 Å². The van der Waals surface area contributed by atoms with Crippen molar-refractivity contribution in [2.75, 3.05) is 13.1 Å². The molecule has 14 heavy (non-hydrogen) atoms. The van der Waals surface area contributed by atoms with Crippen LogP contribution in [0, 0.1) is 0 Å². The minimum absolute atomic E-state index is 0.416. The normalized spacial score (nSPS) is 18.4. The summed E-state index contributed by atoms with van der Waals surface area (Å²) in [6.07, 6.45) is 4.57. The molecule has 4 nitrogen and oxygen atoms in total. The summed E-state index contributed by atoms with van der Waals surface area (Å²) in [4.78, 5) is 10.6. The third kappa shape index (κ3) is 1.74. The van der Waals surface area contributed by atoms with Crippen LogP contribution in [-0.2, 0) is 0 Å². The summed E-state index contributed by atoms with van der Waals surface area (Å²) >= 11 is 3.40. The smallest absolute Gasteiger partial charge is 0.154 e. The predicted octanol–water partition coefficient (Wildman–Crippen LogP) is 1.38. The molecule has 0 atom stereocenters. The first kappa shape index (κ1) is 9.86. The van der Waals surface area contributed by atoms with Gasteiger partial charge in [-0.25, -0.2) is 0 Å². The Hall–Kier alpha value is -0.680. The van der Waals surface area contributed by atoms with Gasteiger partial charge >= 0.3 is 0 Å². The molecule has 0 amide bonds. The van der Waals surface area contributed by atoms with Crippen LogP contribution in [0.25, 0.3) is 0 Å². The quantitative estimate of drug-likeness (QED) is 0.815. The van der Waals surface area contributed by atoms with Crippen LogP contribution in [0.3, 0.4) is 0 Å². The number of aldehydes is 1. The fourth-order valence-electron chi connectivity index (χ4n) is 1.75. The lowest BCUT2D eigenvalue weighted by Gasteiger charge is -2.23. The predicted molar refractivity (Wildman–Crippen MR) is 56.5 cm³/mol. The largest absolute Gasteiger partial charge is 0.317 e. The Balaban J connectivity index is 2.22. The fourth-order valence-corrected chi connectivity index (χ4v) is 2.32. The van der Waals surface area contributed by atoms with Crippen molar-refractivity contribution in [2.24, 2.45) is 0 Å². The van der Waals surface area contributed by atoms with E-state index >= 15 is 0 Å². The van der Waals surface area contributed by atoms with E-state index in [1.54, 1.807) is 6.20 Å². The van der Waals surface area contributed by atoms with E-state index < -0.39 is 0 Å². The van der Waals surface area contributed by atoms with Gasteiger partial charge in [0.1, 0.15) is 4.60 Å². The first-order valence-electron chi connectivity index (χ1n) is 4.72. The minimum atomic E-state index is 0.416. The van der Waals surface area contributed by atoms with Crippen molar-refractivity contribution in [3.8, 4) is 0 Å². The molecule has 1 aromatic rings. The van der Waals surface area contributed by atoms with Crippen molar-refractivity contribution in [1.82, 2.24) is 15.1 Å². The monoisotopic (exact) mass is 257 g/mol. The van der Waals surface area contributed by atoms with Crippen LogP contribution in [0.5, 0.6) is 0 Å². The third-order valence-corrected chi connectivity index (χ3v) is 3.36. The maximum atomic E-state index is 10.6. The number of nitrogens with one attached hydrogen (secondary N) is 1. The molecule has 0 saturated carbocycles. The van der Waals surface area contributed by atoms with Crippen molar-refractivity contribution < 1.29 is 4.79 Å². The van der Waals surface area contributed by atoms with Crippen molar-refractivity contribution in [1.29, 1.82) is 0 Å². The molecular weight excluding hydrogens is 246 g/mol. The van der Waals surface area contributed by atoms with Gasteiger partial charge < -0.3 is 5.32 Å². The van der Waals surface area contributed by atoms with Crippen LogP contribution in [0.4, 0.5) is 0 Å². The van der Waals surface area contributed by atoms with Crippen LogP contribution in [-0.4, -0.2) is 29.2 Å². The number of carbonyl (C=O) groups excluding carboxylic acids is 1. The lowest BCUT2D eigenvalue weighted by molar-refractivity contribution is 0.112. The second-order valence-corrected chi connectivity index (χ2v) is 4.19. The summed E-state index contributed by atoms with van der Waals surface area (Å²) in [6, 6.07) is 0.416. The highest BCUT2D eigenvalue weighted by Crippen LogP contribution is 2.24. The van der Waals surface area contributed by atoms with E-state index in [1.165, 1.54) is 0 Å². The molecular formula is C9H12BrN3O. The minimum Gasteiger partial charge on any atom is -0.317 e. The van der Waals surface area contributed by atoms with Gasteiger partial charge in [-0.2, -0.15) is 5.10 Å². The average molecular weight is 258 g/mol. The van der Waals surface area contributed by atoms with Crippen molar-refractivity contribution in [3.63, 3.8) is 0 Å². The molecule has 1 fully saturated rings. The fraction of sp³-hybridized carbons (Fsp3) is 0.556. The first-order valence-corrected chi connectivity index (χ1v) is 5.51. The Labute approximate surface area is 90.8 Å². The van der Waals surface area contributed by atoms with Gasteiger partial charge in [0.25, 0.3) is 0 Å². The number of hydrogen-bond acceptors (Lipinski definition) is 3. The lowest BCUT2D eigenvalue weighted by atomic mass is 10.1. The molecule has 1 aromatic heterocycles. The number of nitrogens with zero attached hydrogens (tertiary/aromatic N) is 2. The molecule has 1 N–H and O–H groups in total. The second kappa shape index (κ2) is 4.23. The van der Waals surface area contributed by atoms with Crippen LogP contribution < -0.4 is 5.32 Å². The molecule has 0 spiro atoms. The highest BCUT2D eigenvalue weighted by atomic mass is 79.9. The van der Waals surface area contributed by atoms with E-state index in [0.29, 0.717) is 11.6 Å². The summed E-state index contributed by atoms with van der Waals surface area (Å²) in [6.45, 7) is 2.04. The number of halogens is 1. The number of aromatic nitrogens is 2. The van der Waals surface area contributed by atoms with Crippen molar-refractivity contribution in [3.05, 3.63) is 16.4 Å². The first-order chi connectivity index (χ1) is 6.83. The Kier molecular flexibility index (Phi) is 2.98. The number of carbonyl (C=O) groups is 1. The maximum absolute atomic E-state index is 10.6. The summed E-state index contributed by atoms with van der Waals surface area (Å²) < 4.78 is 2.71. The molecule has 1 aliphatic heterocycles. The summed E-state index contributed by atoms with van der Waals surface area (Å²) in [5.74, 6) is 0. The number of piperidine rings is 1. The van der Waals surface area contributed by atoms with E-state index in [0.717, 1.165) is 36.8 Å². The third-order valence-electron chi connectivity index (χ3n) is 2.54. The zero-order valence-corrected chi connectivity index (χ0v) is 9.33. The van der Waals surface area contributed by atoms with Gasteiger partial charge in [-0.3, -0.25) is 9.48 Å². The van der Waals surface area contributed by atoms with Gasteiger partial charge in [0.15, 0.2) is 6.29 Å². The molecule has 1 saturated heterocycles. The van der Waals surface area contributed by atoms with Crippen LogP contribution in [0.2, 0.25) is 0 Å². The lowest BCUT2D eigenvalue weighted by Crippen LogP contribution is -2.30. The van der Waals surface area contributed by atoms with Gasteiger partial charge in [-0.15, -0.1) is 0 Å². The molecule has 76 valence electrons. The van der Waals surface area contributed by atoms with Crippen molar-refractivity contribution in [2.45, 2.75) is 18.9 Å². The Morgan fingerprint density at radius 2 is 2.29 bits per heavy atom. The van der Waals surface area contributed by atoms with E-state index in [4.69, 9.17) is 0 Å². The van der Waals surface area contributed by atoms with Gasteiger partial charge in [0.05, 0.1) is 17.8 Å². The Morgan fingerprint density at radius 1 is 1.57 bits per heavy atom. The van der Waals surface area contributed by atoms with Crippen LogP contribution >= 0.6 is 15.9 Å². The molecule has 5 heteroatoms. The van der Waals surface area contributed by atoms with Gasteiger partial charge in [-0.1, -0.05) is 0 Å². The average Bonchev–Trinajstić information content (AvgIpc) is 2.61. The zero-order chi connectivity index (χ0) is 9.97. The summed E-state index contributed by atoms with van der Waals surface area (Å²) in [5.41, 5.74) is 0.628. The van der Waals surface area contributed by atoms with E-state index in [-0.39, 0.29) is 0 Å². The Morgan fingerprint density at radius 3 is 2.86 bits per heavy atom. The number of rotatable bonds is 2. The van der Waals surface area contributed by atoms with E-state index in [9.17, 15) is 4.79 Å². The van der Waals surface area contributed by atoms with Gasteiger partial charge in [-0.05, 0) is 41.9 Å². The summed E-state index contributed by atoms with van der Waals surface area (Å²) in [5, 5.41) is 7.52. The van der Waals surface area contributed by atoms with E-state index in [1.807, 2.05) is 4.68 Å². The maximum Gasteiger partial charge on any atom is 0.154 e. The summed E-state index contributed by atoms with van der Waals surface area (Å²) in [7, 11) is 0. The molecule has 0 aromatic carbocycles. The molecule has 0 radical (unpaired) electrons. The zero-order valence-electron chi connectivity index (χ0n) is 7.74. The molecule has 2 rings (SSSR count). The highest BCUT2D eigenvalue weighted by Gasteiger charge is 2.19.